The van der Waals surface area contributed by atoms with Crippen LogP contribution in [0, 0.1) is 5.92 Å². The Morgan fingerprint density at radius 3 is 2.20 bits per heavy atom. The topological polar surface area (TPSA) is 89.1 Å². The maximum Gasteiger partial charge on any atom is 0.200 e. The number of benzene rings is 1. The molecule has 0 amide bonds. The molecular formula is C18H32IN3O3. The molecule has 4 N–H and O–H groups in total. The van der Waals surface area contributed by atoms with E-state index in [4.69, 9.17) is 15.2 Å². The van der Waals surface area contributed by atoms with Gasteiger partial charge < -0.3 is 25.6 Å². The van der Waals surface area contributed by atoms with Crippen LogP contribution in [0.2, 0.25) is 0 Å². The number of phenolic OH excluding ortho intramolecular Hbond substituents is 1. The normalized spacial score (nSPS) is 12.5. The van der Waals surface area contributed by atoms with Crippen molar-refractivity contribution >= 4 is 29.9 Å². The Hall–Kier alpha value is -1.38. The van der Waals surface area contributed by atoms with Gasteiger partial charge in [-0.15, -0.1) is 24.0 Å². The van der Waals surface area contributed by atoms with E-state index in [0.29, 0.717) is 24.0 Å². The van der Waals surface area contributed by atoms with Gasteiger partial charge in [0.2, 0.25) is 5.75 Å². The number of phenols is 1. The van der Waals surface area contributed by atoms with E-state index in [-0.39, 0.29) is 35.8 Å². The van der Waals surface area contributed by atoms with E-state index in [0.717, 1.165) is 17.9 Å². The van der Waals surface area contributed by atoms with Crippen molar-refractivity contribution in [2.45, 2.75) is 52.6 Å². The van der Waals surface area contributed by atoms with Gasteiger partial charge in [0, 0.05) is 6.04 Å². The summed E-state index contributed by atoms with van der Waals surface area (Å²) in [5.41, 5.74) is 6.80. The Morgan fingerprint density at radius 1 is 1.16 bits per heavy atom. The maximum absolute atomic E-state index is 9.91. The zero-order valence-electron chi connectivity index (χ0n) is 15.8. The summed E-state index contributed by atoms with van der Waals surface area (Å²) in [5.74, 6) is 1.83. The fourth-order valence-corrected chi connectivity index (χ4v) is 2.42. The number of aliphatic imine (C=N–C) groups is 1. The van der Waals surface area contributed by atoms with Gasteiger partial charge in [-0.3, -0.25) is 0 Å². The Morgan fingerprint density at radius 2 is 1.72 bits per heavy atom. The summed E-state index contributed by atoms with van der Waals surface area (Å²) in [6, 6.07) is 3.73. The van der Waals surface area contributed by atoms with E-state index in [9.17, 15) is 5.11 Å². The molecule has 0 aliphatic rings. The molecule has 0 aliphatic heterocycles. The van der Waals surface area contributed by atoms with Gasteiger partial charge in [-0.25, -0.2) is 4.99 Å². The van der Waals surface area contributed by atoms with Crippen LogP contribution in [-0.4, -0.2) is 31.3 Å². The third-order valence-electron chi connectivity index (χ3n) is 3.78. The van der Waals surface area contributed by atoms with Crippen LogP contribution in [0.1, 0.15) is 45.6 Å². The van der Waals surface area contributed by atoms with Crippen molar-refractivity contribution in [1.29, 1.82) is 0 Å². The predicted octanol–water partition coefficient (Wildman–Crippen LogP) is 3.65. The number of aromatic hydroxyl groups is 1. The minimum Gasteiger partial charge on any atom is -0.502 e. The summed E-state index contributed by atoms with van der Waals surface area (Å²) in [6.45, 7) is 6.95. The number of rotatable bonds is 9. The molecule has 0 spiro atoms. The lowest BCUT2D eigenvalue weighted by Crippen LogP contribution is -2.38. The van der Waals surface area contributed by atoms with Gasteiger partial charge >= 0.3 is 0 Å². The van der Waals surface area contributed by atoms with Crippen molar-refractivity contribution in [2.75, 3.05) is 14.2 Å². The molecule has 1 aromatic carbocycles. The van der Waals surface area contributed by atoms with Crippen LogP contribution in [-0.2, 0) is 6.54 Å². The molecule has 0 radical (unpaired) electrons. The van der Waals surface area contributed by atoms with Crippen molar-refractivity contribution in [3.05, 3.63) is 17.7 Å². The maximum atomic E-state index is 9.91. The molecule has 0 aromatic heterocycles. The second kappa shape index (κ2) is 12.1. The Balaban J connectivity index is 0.00000576. The van der Waals surface area contributed by atoms with Crippen LogP contribution in [0.25, 0.3) is 0 Å². The van der Waals surface area contributed by atoms with Crippen LogP contribution in [0.4, 0.5) is 0 Å². The molecule has 0 fully saturated rings. The molecule has 7 heteroatoms. The van der Waals surface area contributed by atoms with Crippen molar-refractivity contribution in [2.24, 2.45) is 16.6 Å². The third-order valence-corrected chi connectivity index (χ3v) is 3.78. The molecule has 25 heavy (non-hydrogen) atoms. The van der Waals surface area contributed by atoms with Crippen LogP contribution >= 0.6 is 24.0 Å². The molecule has 1 atom stereocenters. The van der Waals surface area contributed by atoms with Crippen LogP contribution in [0.15, 0.2) is 17.1 Å². The van der Waals surface area contributed by atoms with E-state index >= 15 is 0 Å². The molecular weight excluding hydrogens is 433 g/mol. The predicted molar refractivity (Wildman–Crippen MR) is 113 cm³/mol. The highest BCUT2D eigenvalue weighted by molar-refractivity contribution is 14.0. The van der Waals surface area contributed by atoms with Crippen LogP contribution in [0.3, 0.4) is 0 Å². The Labute approximate surface area is 168 Å². The van der Waals surface area contributed by atoms with E-state index in [1.54, 1.807) is 12.1 Å². The van der Waals surface area contributed by atoms with Gasteiger partial charge in [0.1, 0.15) is 0 Å². The van der Waals surface area contributed by atoms with Gasteiger partial charge in [0.05, 0.1) is 20.8 Å². The highest BCUT2D eigenvalue weighted by atomic mass is 127. The lowest BCUT2D eigenvalue weighted by molar-refractivity contribution is 0.339. The number of hydrogen-bond donors (Lipinski definition) is 3. The summed E-state index contributed by atoms with van der Waals surface area (Å²) in [6.07, 6.45) is 3.46. The summed E-state index contributed by atoms with van der Waals surface area (Å²) < 4.78 is 10.3. The van der Waals surface area contributed by atoms with Crippen LogP contribution in [0.5, 0.6) is 17.2 Å². The number of halogens is 1. The lowest BCUT2D eigenvalue weighted by Gasteiger charge is -2.15. The molecule has 1 unspecified atom stereocenters. The van der Waals surface area contributed by atoms with Crippen molar-refractivity contribution in [1.82, 2.24) is 5.32 Å². The average molecular weight is 465 g/mol. The number of nitrogens with two attached hydrogens (primary N) is 1. The molecule has 0 saturated carbocycles. The van der Waals surface area contributed by atoms with Crippen molar-refractivity contribution in [3.63, 3.8) is 0 Å². The Bertz CT molecular complexity index is 525. The number of nitrogens with one attached hydrogen (secondary N) is 1. The van der Waals surface area contributed by atoms with Gasteiger partial charge in [0.25, 0.3) is 0 Å². The van der Waals surface area contributed by atoms with Crippen LogP contribution < -0.4 is 20.5 Å². The summed E-state index contributed by atoms with van der Waals surface area (Å²) in [4.78, 5) is 4.35. The number of hydrogen-bond acceptors (Lipinski definition) is 4. The molecule has 1 aromatic rings. The second-order valence-corrected chi connectivity index (χ2v) is 6.42. The lowest BCUT2D eigenvalue weighted by atomic mass is 10.0. The van der Waals surface area contributed by atoms with E-state index in [1.807, 2.05) is 0 Å². The molecule has 144 valence electrons. The number of methoxy groups -OCH3 is 2. The first-order valence-corrected chi connectivity index (χ1v) is 8.37. The molecule has 0 aliphatic carbocycles. The van der Waals surface area contributed by atoms with Crippen molar-refractivity contribution in [3.8, 4) is 17.2 Å². The highest BCUT2D eigenvalue weighted by Crippen LogP contribution is 2.37. The number of nitrogens with zero attached hydrogens (tertiary/aromatic N) is 1. The minimum absolute atomic E-state index is 0. The zero-order chi connectivity index (χ0) is 18.1. The molecule has 0 saturated heterocycles. The van der Waals surface area contributed by atoms with Gasteiger partial charge in [-0.2, -0.15) is 0 Å². The summed E-state index contributed by atoms with van der Waals surface area (Å²) in [7, 11) is 2.99. The van der Waals surface area contributed by atoms with Crippen molar-refractivity contribution < 1.29 is 14.6 Å². The third kappa shape index (κ3) is 8.51. The van der Waals surface area contributed by atoms with Gasteiger partial charge in [-0.1, -0.05) is 26.7 Å². The first kappa shape index (κ1) is 23.6. The first-order valence-electron chi connectivity index (χ1n) is 8.37. The standard InChI is InChI=1S/C18H31N3O3.HI/c1-12(2)7-6-8-13(3)21-18(19)20-11-14-9-15(23-4)17(22)16(10-14)24-5;/h9-10,12-13,22H,6-8,11H2,1-5H3,(H3,19,20,21);1H. The SMILES string of the molecule is COc1cc(CN=C(N)NC(C)CCCC(C)C)cc(OC)c1O.I. The quantitative estimate of drug-likeness (QED) is 0.294. The number of guanidine groups is 1. The molecule has 0 bridgehead atoms. The second-order valence-electron chi connectivity index (χ2n) is 6.42. The van der Waals surface area contributed by atoms with Gasteiger partial charge in [0.15, 0.2) is 17.5 Å². The smallest absolute Gasteiger partial charge is 0.200 e. The summed E-state index contributed by atoms with van der Waals surface area (Å²) >= 11 is 0. The van der Waals surface area contributed by atoms with E-state index in [2.05, 4.69) is 31.1 Å². The minimum atomic E-state index is -0.0161. The summed E-state index contributed by atoms with van der Waals surface area (Å²) in [5, 5.41) is 13.1. The van der Waals surface area contributed by atoms with E-state index in [1.165, 1.54) is 27.1 Å². The Kier molecular flexibility index (Phi) is 11.4. The largest absolute Gasteiger partial charge is 0.502 e. The fraction of sp³-hybridized carbons (Fsp3) is 0.611. The molecule has 1 rings (SSSR count). The van der Waals surface area contributed by atoms with E-state index < -0.39 is 0 Å². The zero-order valence-corrected chi connectivity index (χ0v) is 18.2. The first-order chi connectivity index (χ1) is 11.4. The average Bonchev–Trinajstić information content (AvgIpc) is 2.53. The van der Waals surface area contributed by atoms with Gasteiger partial charge in [-0.05, 0) is 37.0 Å². The fourth-order valence-electron chi connectivity index (χ4n) is 2.42. The molecule has 6 nitrogen and oxygen atoms in total. The number of ether oxygens (including phenoxy) is 2. The monoisotopic (exact) mass is 465 g/mol. The molecule has 0 heterocycles. The highest BCUT2D eigenvalue weighted by Gasteiger charge is 2.11.